The standard InChI is InChI=1S/C26H34N2O2/c29-25-16-15-22-23(26(25)30)13-10-14-24(22)28-19-9-4-2-1-3-8-18-27-20-17-21-11-6-5-7-12-21/h5-7,10-16,27-30H,1-4,8-9,17-20H2. The molecule has 4 N–H and O–H groups in total. The zero-order valence-electron chi connectivity index (χ0n) is 17.7. The average molecular weight is 407 g/mol. The molecule has 160 valence electrons. The largest absolute Gasteiger partial charge is 0.504 e. The second-order valence-electron chi connectivity index (χ2n) is 7.87. The van der Waals surface area contributed by atoms with Crippen molar-refractivity contribution in [2.24, 2.45) is 0 Å². The molecule has 0 amide bonds. The third-order valence-corrected chi connectivity index (χ3v) is 5.54. The van der Waals surface area contributed by atoms with E-state index in [1.807, 2.05) is 24.3 Å². The van der Waals surface area contributed by atoms with E-state index in [4.69, 9.17) is 0 Å². The number of unbranched alkanes of at least 4 members (excludes halogenated alkanes) is 5. The van der Waals surface area contributed by atoms with Crippen molar-refractivity contribution >= 4 is 16.5 Å². The van der Waals surface area contributed by atoms with Crippen LogP contribution >= 0.6 is 0 Å². The molecule has 0 spiro atoms. The molecule has 3 aromatic rings. The van der Waals surface area contributed by atoms with Gasteiger partial charge in [-0.25, -0.2) is 0 Å². The number of phenols is 2. The van der Waals surface area contributed by atoms with E-state index in [2.05, 4.69) is 41.0 Å². The van der Waals surface area contributed by atoms with Gasteiger partial charge in [-0.3, -0.25) is 0 Å². The molecule has 4 heteroatoms. The Bertz CT molecular complexity index is 896. The van der Waals surface area contributed by atoms with E-state index >= 15 is 0 Å². The number of aromatic hydroxyl groups is 2. The number of hydrogen-bond acceptors (Lipinski definition) is 4. The zero-order valence-corrected chi connectivity index (χ0v) is 17.7. The highest BCUT2D eigenvalue weighted by Gasteiger charge is 2.07. The lowest BCUT2D eigenvalue weighted by Gasteiger charge is -2.11. The molecule has 0 atom stereocenters. The predicted molar refractivity (Wildman–Crippen MR) is 126 cm³/mol. The second-order valence-corrected chi connectivity index (χ2v) is 7.87. The van der Waals surface area contributed by atoms with Crippen LogP contribution in [0.3, 0.4) is 0 Å². The van der Waals surface area contributed by atoms with E-state index in [1.54, 1.807) is 6.07 Å². The Morgan fingerprint density at radius 3 is 2.13 bits per heavy atom. The molecule has 4 nitrogen and oxygen atoms in total. The van der Waals surface area contributed by atoms with E-state index in [1.165, 1.54) is 37.7 Å². The molecule has 3 rings (SSSR count). The molecule has 0 saturated carbocycles. The highest BCUT2D eigenvalue weighted by molar-refractivity contribution is 5.98. The molecule has 30 heavy (non-hydrogen) atoms. The van der Waals surface area contributed by atoms with Crippen molar-refractivity contribution in [1.82, 2.24) is 5.32 Å². The zero-order chi connectivity index (χ0) is 21.0. The molecule has 0 fully saturated rings. The van der Waals surface area contributed by atoms with Crippen molar-refractivity contribution in [2.45, 2.75) is 44.9 Å². The van der Waals surface area contributed by atoms with Gasteiger partial charge in [0.25, 0.3) is 0 Å². The van der Waals surface area contributed by atoms with Gasteiger partial charge >= 0.3 is 0 Å². The van der Waals surface area contributed by atoms with Crippen LogP contribution in [0.15, 0.2) is 60.7 Å². The lowest BCUT2D eigenvalue weighted by atomic mass is 10.1. The summed E-state index contributed by atoms with van der Waals surface area (Å²) in [7, 11) is 0. The summed E-state index contributed by atoms with van der Waals surface area (Å²) in [5, 5.41) is 28.3. The Hall–Kier alpha value is -2.72. The number of rotatable bonds is 13. The molecule has 3 aromatic carbocycles. The SMILES string of the molecule is Oc1ccc2c(NCCCCCCCCNCCc3ccccc3)cccc2c1O. The van der Waals surface area contributed by atoms with Crippen LogP contribution in [0.5, 0.6) is 11.5 Å². The molecule has 0 unspecified atom stereocenters. The topological polar surface area (TPSA) is 64.5 Å². The molecular formula is C26H34N2O2. The van der Waals surface area contributed by atoms with Gasteiger partial charge in [0.05, 0.1) is 0 Å². The Kier molecular flexibility index (Phi) is 8.85. The van der Waals surface area contributed by atoms with Crippen molar-refractivity contribution in [1.29, 1.82) is 0 Å². The van der Waals surface area contributed by atoms with Gasteiger partial charge in [-0.05, 0) is 56.1 Å². The summed E-state index contributed by atoms with van der Waals surface area (Å²) in [6, 6.07) is 19.8. The van der Waals surface area contributed by atoms with Crippen molar-refractivity contribution in [3.05, 3.63) is 66.2 Å². The van der Waals surface area contributed by atoms with Crippen LogP contribution in [0.4, 0.5) is 5.69 Å². The van der Waals surface area contributed by atoms with Gasteiger partial charge < -0.3 is 20.8 Å². The van der Waals surface area contributed by atoms with Crippen LogP contribution in [0.25, 0.3) is 10.8 Å². The maximum absolute atomic E-state index is 10.0. The monoisotopic (exact) mass is 406 g/mol. The molecular weight excluding hydrogens is 372 g/mol. The fraction of sp³-hybridized carbons (Fsp3) is 0.385. The van der Waals surface area contributed by atoms with Gasteiger partial charge in [0.1, 0.15) is 0 Å². The Labute approximate surface area is 180 Å². The van der Waals surface area contributed by atoms with Gasteiger partial charge in [-0.15, -0.1) is 0 Å². The first-order valence-electron chi connectivity index (χ1n) is 11.2. The maximum Gasteiger partial charge on any atom is 0.165 e. The average Bonchev–Trinajstić information content (AvgIpc) is 2.78. The summed E-state index contributed by atoms with van der Waals surface area (Å²) in [5.41, 5.74) is 2.40. The van der Waals surface area contributed by atoms with E-state index < -0.39 is 0 Å². The lowest BCUT2D eigenvalue weighted by molar-refractivity contribution is 0.408. The number of nitrogens with one attached hydrogen (secondary N) is 2. The Morgan fingerprint density at radius 1 is 0.600 bits per heavy atom. The van der Waals surface area contributed by atoms with Gasteiger partial charge in [-0.1, -0.05) is 68.1 Å². The molecule has 0 aliphatic heterocycles. The second kappa shape index (κ2) is 12.1. The molecule has 0 heterocycles. The number of anilines is 1. The summed E-state index contributed by atoms with van der Waals surface area (Å²) in [4.78, 5) is 0. The summed E-state index contributed by atoms with van der Waals surface area (Å²) in [5.74, 6) is -0.128. The van der Waals surface area contributed by atoms with Crippen LogP contribution in [0.1, 0.15) is 44.1 Å². The molecule has 0 saturated heterocycles. The summed E-state index contributed by atoms with van der Waals surface area (Å²) >= 11 is 0. The summed E-state index contributed by atoms with van der Waals surface area (Å²) in [6.45, 7) is 3.08. The first-order chi connectivity index (χ1) is 14.8. The van der Waals surface area contributed by atoms with Gasteiger partial charge in [0, 0.05) is 23.0 Å². The maximum atomic E-state index is 10.0. The third-order valence-electron chi connectivity index (χ3n) is 5.54. The van der Waals surface area contributed by atoms with Crippen LogP contribution in [0, 0.1) is 0 Å². The first kappa shape index (κ1) is 22.0. The molecule has 0 aliphatic carbocycles. The fourth-order valence-electron chi connectivity index (χ4n) is 3.79. The van der Waals surface area contributed by atoms with E-state index in [0.29, 0.717) is 5.39 Å². The normalized spacial score (nSPS) is 11.1. The van der Waals surface area contributed by atoms with Crippen molar-refractivity contribution in [3.63, 3.8) is 0 Å². The molecule has 0 aliphatic rings. The minimum atomic E-state index is -0.0777. The van der Waals surface area contributed by atoms with Gasteiger partial charge in [0.2, 0.25) is 0 Å². The molecule has 0 radical (unpaired) electrons. The summed E-state index contributed by atoms with van der Waals surface area (Å²) < 4.78 is 0. The fourth-order valence-corrected chi connectivity index (χ4v) is 3.79. The quantitative estimate of drug-likeness (QED) is 0.213. The molecule has 0 aromatic heterocycles. The predicted octanol–water partition coefficient (Wildman–Crippen LogP) is 5.84. The van der Waals surface area contributed by atoms with Gasteiger partial charge in [-0.2, -0.15) is 0 Å². The summed E-state index contributed by atoms with van der Waals surface area (Å²) in [6.07, 6.45) is 8.57. The highest BCUT2D eigenvalue weighted by Crippen LogP contribution is 2.36. The lowest BCUT2D eigenvalue weighted by Crippen LogP contribution is -2.18. The molecule has 0 bridgehead atoms. The van der Waals surface area contributed by atoms with Crippen molar-refractivity contribution < 1.29 is 10.2 Å². The number of benzene rings is 3. The number of hydrogen-bond donors (Lipinski definition) is 4. The first-order valence-corrected chi connectivity index (χ1v) is 11.2. The highest BCUT2D eigenvalue weighted by atomic mass is 16.3. The Balaban J connectivity index is 1.21. The van der Waals surface area contributed by atoms with Crippen LogP contribution < -0.4 is 10.6 Å². The van der Waals surface area contributed by atoms with E-state index in [0.717, 1.165) is 43.5 Å². The van der Waals surface area contributed by atoms with Crippen LogP contribution in [-0.2, 0) is 6.42 Å². The minimum Gasteiger partial charge on any atom is -0.504 e. The van der Waals surface area contributed by atoms with Crippen molar-refractivity contribution in [3.8, 4) is 11.5 Å². The van der Waals surface area contributed by atoms with E-state index in [-0.39, 0.29) is 11.5 Å². The van der Waals surface area contributed by atoms with Crippen LogP contribution in [-0.4, -0.2) is 29.8 Å². The van der Waals surface area contributed by atoms with E-state index in [9.17, 15) is 10.2 Å². The number of phenolic OH excluding ortho intramolecular Hbond substituents is 2. The smallest absolute Gasteiger partial charge is 0.165 e. The van der Waals surface area contributed by atoms with Crippen molar-refractivity contribution in [2.75, 3.05) is 25.0 Å². The van der Waals surface area contributed by atoms with Crippen LogP contribution in [0.2, 0.25) is 0 Å². The minimum absolute atomic E-state index is 0.0503. The third kappa shape index (κ3) is 6.67. The van der Waals surface area contributed by atoms with Gasteiger partial charge in [0.15, 0.2) is 11.5 Å². The Morgan fingerprint density at radius 2 is 1.33 bits per heavy atom. The number of fused-ring (bicyclic) bond motifs is 1.